The summed E-state index contributed by atoms with van der Waals surface area (Å²) < 4.78 is 32.2. The van der Waals surface area contributed by atoms with E-state index in [9.17, 15) is 13.2 Å². The number of hydrogen-bond acceptors (Lipinski definition) is 5. The number of piperidine rings is 1. The number of hydrogen-bond donors (Lipinski definition) is 1. The Hall–Kier alpha value is -2.68. The lowest BCUT2D eigenvalue weighted by molar-refractivity contribution is -0.126. The third-order valence-corrected chi connectivity index (χ3v) is 8.53. The zero-order valence-electron chi connectivity index (χ0n) is 20.3. The summed E-state index contributed by atoms with van der Waals surface area (Å²) in [7, 11) is -1.85. The molecule has 2 aromatic carbocycles. The number of sulfonamides is 1. The van der Waals surface area contributed by atoms with Crippen molar-refractivity contribution in [1.82, 2.24) is 14.5 Å². The highest BCUT2D eigenvalue weighted by Crippen LogP contribution is 2.27. The SMILES string of the molecule is COc1ccc(C(CNC(=O)C2CCN(S(=O)(=O)C=Cc3ccccc3)CC2)N2CCCC2)cc1. The maximum atomic E-state index is 13.0. The Morgan fingerprint density at radius 3 is 2.31 bits per heavy atom. The Balaban J connectivity index is 1.31. The van der Waals surface area contributed by atoms with Crippen LogP contribution < -0.4 is 10.1 Å². The number of benzene rings is 2. The predicted octanol–water partition coefficient (Wildman–Crippen LogP) is 3.66. The van der Waals surface area contributed by atoms with Gasteiger partial charge in [-0.15, -0.1) is 0 Å². The molecule has 35 heavy (non-hydrogen) atoms. The molecule has 0 bridgehead atoms. The van der Waals surface area contributed by atoms with E-state index in [1.165, 1.54) is 28.1 Å². The monoisotopic (exact) mass is 497 g/mol. The molecular formula is C27H35N3O4S. The van der Waals surface area contributed by atoms with Crippen molar-refractivity contribution in [3.63, 3.8) is 0 Å². The molecule has 2 aliphatic heterocycles. The van der Waals surface area contributed by atoms with Gasteiger partial charge in [0, 0.05) is 31.0 Å². The third kappa shape index (κ3) is 6.72. The Bertz CT molecular complexity index is 1090. The van der Waals surface area contributed by atoms with Gasteiger partial charge in [-0.1, -0.05) is 42.5 Å². The molecule has 0 saturated carbocycles. The molecule has 2 heterocycles. The highest BCUT2D eigenvalue weighted by atomic mass is 32.2. The lowest BCUT2D eigenvalue weighted by atomic mass is 9.97. The van der Waals surface area contributed by atoms with E-state index in [1.807, 2.05) is 42.5 Å². The fraction of sp³-hybridized carbons (Fsp3) is 0.444. The van der Waals surface area contributed by atoms with Crippen LogP contribution in [0.5, 0.6) is 5.75 Å². The molecule has 4 rings (SSSR count). The number of carbonyl (C=O) groups is 1. The number of methoxy groups -OCH3 is 1. The van der Waals surface area contributed by atoms with Crippen LogP contribution in [-0.2, 0) is 14.8 Å². The van der Waals surface area contributed by atoms with Crippen molar-refractivity contribution in [2.24, 2.45) is 5.92 Å². The van der Waals surface area contributed by atoms with Gasteiger partial charge in [-0.2, -0.15) is 4.31 Å². The summed E-state index contributed by atoms with van der Waals surface area (Å²) in [5, 5.41) is 4.43. The van der Waals surface area contributed by atoms with Crippen LogP contribution in [0.15, 0.2) is 60.0 Å². The molecule has 2 aliphatic rings. The van der Waals surface area contributed by atoms with Crippen LogP contribution in [0.3, 0.4) is 0 Å². The average molecular weight is 498 g/mol. The number of rotatable bonds is 9. The van der Waals surface area contributed by atoms with Gasteiger partial charge in [-0.3, -0.25) is 9.69 Å². The van der Waals surface area contributed by atoms with Crippen molar-refractivity contribution < 1.29 is 17.9 Å². The molecule has 0 aliphatic carbocycles. The molecule has 1 N–H and O–H groups in total. The maximum absolute atomic E-state index is 13.0. The van der Waals surface area contributed by atoms with Crippen LogP contribution in [-0.4, -0.2) is 63.4 Å². The first-order valence-corrected chi connectivity index (χ1v) is 13.9. The van der Waals surface area contributed by atoms with E-state index in [-0.39, 0.29) is 17.9 Å². The van der Waals surface area contributed by atoms with Gasteiger partial charge < -0.3 is 10.1 Å². The van der Waals surface area contributed by atoms with Crippen molar-refractivity contribution in [2.75, 3.05) is 39.8 Å². The van der Waals surface area contributed by atoms with Gasteiger partial charge >= 0.3 is 0 Å². The average Bonchev–Trinajstić information content (AvgIpc) is 3.43. The number of ether oxygens (including phenoxy) is 1. The maximum Gasteiger partial charge on any atom is 0.236 e. The summed E-state index contributed by atoms with van der Waals surface area (Å²) in [6.45, 7) is 3.31. The van der Waals surface area contributed by atoms with Crippen LogP contribution in [0.1, 0.15) is 42.9 Å². The molecule has 0 aromatic heterocycles. The first kappa shape index (κ1) is 25.4. The smallest absolute Gasteiger partial charge is 0.236 e. The van der Waals surface area contributed by atoms with Gasteiger partial charge in [-0.25, -0.2) is 8.42 Å². The summed E-state index contributed by atoms with van der Waals surface area (Å²) in [4.78, 5) is 15.4. The van der Waals surface area contributed by atoms with Crippen LogP contribution >= 0.6 is 0 Å². The number of likely N-dealkylation sites (tertiary alicyclic amines) is 1. The third-order valence-electron chi connectivity index (χ3n) is 6.97. The molecule has 0 spiro atoms. The Morgan fingerprint density at radius 1 is 1.03 bits per heavy atom. The topological polar surface area (TPSA) is 79.0 Å². The predicted molar refractivity (Wildman–Crippen MR) is 138 cm³/mol. The van der Waals surface area contributed by atoms with Crippen LogP contribution in [0.2, 0.25) is 0 Å². The molecule has 1 unspecified atom stereocenters. The Kier molecular flexibility index (Phi) is 8.59. The second-order valence-corrected chi connectivity index (χ2v) is 11.0. The van der Waals surface area contributed by atoms with Gasteiger partial charge in [0.05, 0.1) is 13.2 Å². The summed E-state index contributed by atoms with van der Waals surface area (Å²) in [5.41, 5.74) is 2.01. The summed E-state index contributed by atoms with van der Waals surface area (Å²) >= 11 is 0. The molecule has 1 amide bonds. The van der Waals surface area contributed by atoms with Crippen molar-refractivity contribution in [2.45, 2.75) is 31.7 Å². The largest absolute Gasteiger partial charge is 0.497 e. The van der Waals surface area contributed by atoms with Crippen molar-refractivity contribution in [3.05, 3.63) is 71.1 Å². The van der Waals surface area contributed by atoms with Gasteiger partial charge in [0.25, 0.3) is 0 Å². The normalized spacial score (nSPS) is 19.1. The molecule has 1 atom stereocenters. The number of carbonyl (C=O) groups excluding carboxylic acids is 1. The zero-order chi connectivity index (χ0) is 24.7. The van der Waals surface area contributed by atoms with Gasteiger partial charge in [0.15, 0.2) is 0 Å². The quantitative estimate of drug-likeness (QED) is 0.572. The fourth-order valence-electron chi connectivity index (χ4n) is 4.87. The standard InChI is InChI=1S/C27H35N3O4S/c1-34-25-11-9-23(10-12-25)26(29-16-5-6-17-29)21-28-27(31)24-13-18-30(19-14-24)35(32,33)20-15-22-7-3-2-4-8-22/h2-4,7-12,15,20,24,26H,5-6,13-14,16-19,21H2,1H3,(H,28,31). The minimum Gasteiger partial charge on any atom is -0.497 e. The lowest BCUT2D eigenvalue weighted by Crippen LogP contribution is -2.44. The fourth-order valence-corrected chi connectivity index (χ4v) is 6.09. The van der Waals surface area contributed by atoms with Crippen LogP contribution in [0, 0.1) is 5.92 Å². The Morgan fingerprint density at radius 2 is 1.69 bits per heavy atom. The molecule has 2 aromatic rings. The molecule has 2 fully saturated rings. The highest BCUT2D eigenvalue weighted by Gasteiger charge is 2.31. The molecular weight excluding hydrogens is 462 g/mol. The minimum atomic E-state index is -3.51. The van der Waals surface area contributed by atoms with Crippen molar-refractivity contribution in [1.29, 1.82) is 0 Å². The molecule has 8 heteroatoms. The molecule has 7 nitrogen and oxygen atoms in total. The van der Waals surface area contributed by atoms with E-state index in [2.05, 4.69) is 22.3 Å². The van der Waals surface area contributed by atoms with Gasteiger partial charge in [0.1, 0.15) is 5.75 Å². The number of amides is 1. The second kappa shape index (κ2) is 11.8. The van der Waals surface area contributed by atoms with E-state index in [0.29, 0.717) is 32.5 Å². The Labute approximate surface area is 208 Å². The number of nitrogens with one attached hydrogen (secondary N) is 1. The molecule has 188 valence electrons. The van der Waals surface area contributed by atoms with E-state index in [1.54, 1.807) is 13.2 Å². The van der Waals surface area contributed by atoms with Gasteiger partial charge in [-0.05, 0) is 68.1 Å². The zero-order valence-corrected chi connectivity index (χ0v) is 21.1. The molecule has 2 saturated heterocycles. The van der Waals surface area contributed by atoms with Crippen LogP contribution in [0.25, 0.3) is 6.08 Å². The summed E-state index contributed by atoms with van der Waals surface area (Å²) in [6, 6.07) is 17.6. The van der Waals surface area contributed by atoms with E-state index in [0.717, 1.165) is 24.4 Å². The van der Waals surface area contributed by atoms with Gasteiger partial charge in [0.2, 0.25) is 15.9 Å². The molecule has 0 radical (unpaired) electrons. The van der Waals surface area contributed by atoms with E-state index < -0.39 is 10.0 Å². The first-order valence-electron chi connectivity index (χ1n) is 12.4. The minimum absolute atomic E-state index is 0.0135. The van der Waals surface area contributed by atoms with Crippen molar-refractivity contribution in [3.8, 4) is 5.75 Å². The van der Waals surface area contributed by atoms with Crippen molar-refractivity contribution >= 4 is 22.0 Å². The lowest BCUT2D eigenvalue weighted by Gasteiger charge is -2.31. The van der Waals surface area contributed by atoms with Crippen LogP contribution in [0.4, 0.5) is 0 Å². The summed E-state index contributed by atoms with van der Waals surface area (Å²) in [5.74, 6) is 0.660. The van der Waals surface area contributed by atoms with E-state index >= 15 is 0 Å². The summed E-state index contributed by atoms with van der Waals surface area (Å²) in [6.07, 6.45) is 5.02. The number of nitrogens with zero attached hydrogens (tertiary/aromatic N) is 2. The second-order valence-electron chi connectivity index (χ2n) is 9.21. The highest BCUT2D eigenvalue weighted by molar-refractivity contribution is 7.92. The van der Waals surface area contributed by atoms with E-state index in [4.69, 9.17) is 4.74 Å². The first-order chi connectivity index (χ1) is 17.0.